The van der Waals surface area contributed by atoms with E-state index in [1.54, 1.807) is 11.3 Å². The number of benzene rings is 1. The highest BCUT2D eigenvalue weighted by Gasteiger charge is 2.38. The lowest BCUT2D eigenvalue weighted by atomic mass is 9.64. The van der Waals surface area contributed by atoms with Crippen molar-refractivity contribution in [2.45, 2.75) is 32.6 Å². The zero-order chi connectivity index (χ0) is 16.8. The minimum Gasteiger partial charge on any atom is -0.361 e. The maximum atomic E-state index is 4.38. The minimum absolute atomic E-state index is 0.160. The van der Waals surface area contributed by atoms with Gasteiger partial charge >= 0.3 is 0 Å². The Morgan fingerprint density at radius 3 is 2.75 bits per heavy atom. The van der Waals surface area contributed by atoms with Crippen LogP contribution in [0.25, 0.3) is 0 Å². The molecule has 0 aliphatic heterocycles. The summed E-state index contributed by atoms with van der Waals surface area (Å²) in [6.45, 7) is 5.66. The summed E-state index contributed by atoms with van der Waals surface area (Å²) in [5.41, 5.74) is 1.60. The molecule has 126 valence electrons. The number of allylic oxidation sites excluding steroid dienone is 4. The SMILES string of the molecule is CC[C@@](C)(CNc1nccs1)C(c1ccccc1)C1C=CC=CC1. The van der Waals surface area contributed by atoms with Crippen molar-refractivity contribution in [3.63, 3.8) is 0 Å². The van der Waals surface area contributed by atoms with Crippen LogP contribution in [-0.4, -0.2) is 11.5 Å². The van der Waals surface area contributed by atoms with Crippen molar-refractivity contribution in [1.29, 1.82) is 0 Å². The highest BCUT2D eigenvalue weighted by atomic mass is 32.1. The molecule has 1 aliphatic rings. The molecule has 3 heteroatoms. The molecule has 3 atom stereocenters. The highest BCUT2D eigenvalue weighted by Crippen LogP contribution is 2.46. The Labute approximate surface area is 149 Å². The molecule has 0 saturated carbocycles. The van der Waals surface area contributed by atoms with Crippen molar-refractivity contribution in [3.05, 3.63) is 71.8 Å². The quantitative estimate of drug-likeness (QED) is 0.681. The van der Waals surface area contributed by atoms with E-state index in [4.69, 9.17) is 0 Å². The summed E-state index contributed by atoms with van der Waals surface area (Å²) in [6.07, 6.45) is 13.1. The van der Waals surface area contributed by atoms with E-state index < -0.39 is 0 Å². The molecular formula is C21H26N2S. The van der Waals surface area contributed by atoms with Crippen LogP contribution in [0.15, 0.2) is 66.2 Å². The second-order valence-electron chi connectivity index (χ2n) is 6.80. The Bertz CT molecular complexity index is 675. The predicted molar refractivity (Wildman–Crippen MR) is 105 cm³/mol. The van der Waals surface area contributed by atoms with Crippen LogP contribution in [0.5, 0.6) is 0 Å². The molecule has 2 nitrogen and oxygen atoms in total. The third-order valence-electron chi connectivity index (χ3n) is 5.23. The lowest BCUT2D eigenvalue weighted by Gasteiger charge is -2.42. The summed E-state index contributed by atoms with van der Waals surface area (Å²) < 4.78 is 0. The second-order valence-corrected chi connectivity index (χ2v) is 7.69. The van der Waals surface area contributed by atoms with E-state index in [-0.39, 0.29) is 5.41 Å². The molecule has 1 aliphatic carbocycles. The van der Waals surface area contributed by atoms with Gasteiger partial charge in [-0.2, -0.15) is 0 Å². The van der Waals surface area contributed by atoms with Gasteiger partial charge in [0.25, 0.3) is 0 Å². The number of aromatic nitrogens is 1. The van der Waals surface area contributed by atoms with Crippen LogP contribution in [-0.2, 0) is 0 Å². The number of rotatable bonds is 7. The molecule has 0 radical (unpaired) electrons. The highest BCUT2D eigenvalue weighted by molar-refractivity contribution is 7.13. The minimum atomic E-state index is 0.160. The van der Waals surface area contributed by atoms with Crippen LogP contribution in [0, 0.1) is 11.3 Å². The molecule has 0 saturated heterocycles. The van der Waals surface area contributed by atoms with Gasteiger partial charge in [-0.3, -0.25) is 0 Å². The topological polar surface area (TPSA) is 24.9 Å². The van der Waals surface area contributed by atoms with Gasteiger partial charge in [-0.05, 0) is 35.7 Å². The maximum Gasteiger partial charge on any atom is 0.182 e. The molecule has 0 fully saturated rings. The van der Waals surface area contributed by atoms with E-state index in [2.05, 4.69) is 78.8 Å². The average molecular weight is 339 g/mol. The fraction of sp³-hybridized carbons (Fsp3) is 0.381. The predicted octanol–water partition coefficient (Wildman–Crippen LogP) is 5.89. The number of hydrogen-bond acceptors (Lipinski definition) is 3. The van der Waals surface area contributed by atoms with Crippen molar-refractivity contribution >= 4 is 16.5 Å². The molecule has 2 unspecified atom stereocenters. The Balaban J connectivity index is 1.89. The lowest BCUT2D eigenvalue weighted by molar-refractivity contribution is 0.216. The van der Waals surface area contributed by atoms with Crippen LogP contribution in [0.3, 0.4) is 0 Å². The van der Waals surface area contributed by atoms with Crippen LogP contribution in [0.2, 0.25) is 0 Å². The van der Waals surface area contributed by atoms with Gasteiger partial charge in [-0.15, -0.1) is 11.3 Å². The average Bonchev–Trinajstić information content (AvgIpc) is 3.16. The smallest absolute Gasteiger partial charge is 0.182 e. The Kier molecular flexibility index (Phi) is 5.52. The van der Waals surface area contributed by atoms with Gasteiger partial charge < -0.3 is 5.32 Å². The third kappa shape index (κ3) is 3.78. The fourth-order valence-electron chi connectivity index (χ4n) is 3.72. The summed E-state index contributed by atoms with van der Waals surface area (Å²) in [6, 6.07) is 11.0. The zero-order valence-corrected chi connectivity index (χ0v) is 15.3. The molecule has 24 heavy (non-hydrogen) atoms. The van der Waals surface area contributed by atoms with Gasteiger partial charge in [0.05, 0.1) is 0 Å². The van der Waals surface area contributed by atoms with Crippen molar-refractivity contribution in [3.8, 4) is 0 Å². The maximum absolute atomic E-state index is 4.38. The number of thiazole rings is 1. The van der Waals surface area contributed by atoms with Gasteiger partial charge in [0, 0.05) is 18.1 Å². The van der Waals surface area contributed by atoms with Gasteiger partial charge in [-0.1, -0.05) is 68.5 Å². The van der Waals surface area contributed by atoms with Crippen molar-refractivity contribution in [2.24, 2.45) is 11.3 Å². The first-order chi connectivity index (χ1) is 11.7. The molecule has 1 aromatic carbocycles. The Hall–Kier alpha value is -1.87. The zero-order valence-electron chi connectivity index (χ0n) is 14.5. The molecule has 1 aromatic heterocycles. The van der Waals surface area contributed by atoms with Crippen molar-refractivity contribution in [2.75, 3.05) is 11.9 Å². The van der Waals surface area contributed by atoms with Crippen molar-refractivity contribution in [1.82, 2.24) is 4.98 Å². The molecule has 3 rings (SSSR count). The molecular weight excluding hydrogens is 312 g/mol. The number of nitrogens with zero attached hydrogens (tertiary/aromatic N) is 1. The number of hydrogen-bond donors (Lipinski definition) is 1. The lowest BCUT2D eigenvalue weighted by Crippen LogP contribution is -2.36. The first kappa shape index (κ1) is 17.0. The van der Waals surface area contributed by atoms with Gasteiger partial charge in [0.1, 0.15) is 0 Å². The van der Waals surface area contributed by atoms with E-state index in [0.717, 1.165) is 24.5 Å². The summed E-state index contributed by atoms with van der Waals surface area (Å²) in [5.74, 6) is 1.03. The molecule has 0 bridgehead atoms. The first-order valence-corrected chi connectivity index (χ1v) is 9.62. The summed E-state index contributed by atoms with van der Waals surface area (Å²) in [7, 11) is 0. The molecule has 0 spiro atoms. The Morgan fingerprint density at radius 1 is 1.29 bits per heavy atom. The normalized spacial score (nSPS) is 20.5. The van der Waals surface area contributed by atoms with E-state index in [9.17, 15) is 0 Å². The number of anilines is 1. The summed E-state index contributed by atoms with van der Waals surface area (Å²) >= 11 is 1.67. The third-order valence-corrected chi connectivity index (χ3v) is 5.97. The molecule has 0 amide bonds. The second kappa shape index (κ2) is 7.80. The molecule has 1 N–H and O–H groups in total. The van der Waals surface area contributed by atoms with E-state index in [0.29, 0.717) is 11.8 Å². The standard InChI is InChI=1S/C21H26N2S/c1-3-21(2,16-23-20-22-14-15-24-20)19(17-10-6-4-7-11-17)18-12-8-5-9-13-18/h4-12,14-15,18-19H,3,13,16H2,1-2H3,(H,22,23)/t18?,19?,21-/m0/s1. The number of nitrogens with one attached hydrogen (secondary N) is 1. The van der Waals surface area contributed by atoms with Gasteiger partial charge in [0.2, 0.25) is 0 Å². The monoisotopic (exact) mass is 338 g/mol. The van der Waals surface area contributed by atoms with Crippen molar-refractivity contribution < 1.29 is 0 Å². The van der Waals surface area contributed by atoms with Crippen LogP contribution in [0.4, 0.5) is 5.13 Å². The first-order valence-electron chi connectivity index (χ1n) is 8.74. The van der Waals surface area contributed by atoms with E-state index >= 15 is 0 Å². The summed E-state index contributed by atoms with van der Waals surface area (Å²) in [5, 5.41) is 6.61. The Morgan fingerprint density at radius 2 is 2.12 bits per heavy atom. The van der Waals surface area contributed by atoms with Crippen LogP contribution in [0.1, 0.15) is 38.2 Å². The largest absolute Gasteiger partial charge is 0.361 e. The fourth-order valence-corrected chi connectivity index (χ4v) is 4.24. The molecule has 2 aromatic rings. The van der Waals surface area contributed by atoms with E-state index in [1.165, 1.54) is 5.56 Å². The van der Waals surface area contributed by atoms with E-state index in [1.807, 2.05) is 11.6 Å². The van der Waals surface area contributed by atoms with Gasteiger partial charge in [0.15, 0.2) is 5.13 Å². The molecule has 1 heterocycles. The van der Waals surface area contributed by atoms with Crippen LogP contribution >= 0.6 is 11.3 Å². The van der Waals surface area contributed by atoms with Gasteiger partial charge in [-0.25, -0.2) is 4.98 Å². The summed E-state index contributed by atoms with van der Waals surface area (Å²) in [4.78, 5) is 4.38. The van der Waals surface area contributed by atoms with Crippen LogP contribution < -0.4 is 5.32 Å².